The van der Waals surface area contributed by atoms with E-state index < -0.39 is 35.8 Å². The zero-order chi connectivity index (χ0) is 21.8. The molecule has 0 fully saturated rings. The number of carboxylic acids is 6. The Kier molecular flexibility index (Phi) is 37.8. The van der Waals surface area contributed by atoms with E-state index in [-0.39, 0.29) is 138 Å². The third-order valence-corrected chi connectivity index (χ3v) is 1.66. The molecule has 0 heterocycles. The number of carbonyl (C=O) groups is 6. The van der Waals surface area contributed by atoms with E-state index in [4.69, 9.17) is 30.6 Å². The average molecular weight is 703 g/mol. The molecule has 0 saturated carbocycles. The minimum absolute atomic E-state index is 0. The molecule has 0 atom stereocenters. The topological polar surface area (TPSA) is 260 Å². The first-order valence-corrected chi connectivity index (χ1v) is 6.81. The van der Waals surface area contributed by atoms with Crippen LogP contribution in [0.1, 0.15) is 0 Å². The van der Waals surface area contributed by atoms with Crippen LogP contribution in [-0.4, -0.2) is 106 Å². The molecule has 0 spiro atoms. The summed E-state index contributed by atoms with van der Waals surface area (Å²) in [7, 11) is 0. The van der Waals surface area contributed by atoms with Crippen molar-refractivity contribution in [3.05, 3.63) is 0 Å². The van der Waals surface area contributed by atoms with Gasteiger partial charge in [0.25, 0.3) is 0 Å². The van der Waals surface area contributed by atoms with E-state index in [0.717, 1.165) is 0 Å². The van der Waals surface area contributed by atoms with Gasteiger partial charge in [-0.3, -0.25) is 44.7 Å². The zero-order valence-electron chi connectivity index (χ0n) is 14.6. The Bertz CT molecular complexity index is 405. The van der Waals surface area contributed by atoms with Crippen molar-refractivity contribution in [2.45, 2.75) is 0 Å². The summed E-state index contributed by atoms with van der Waals surface area (Å²) < 4.78 is 0. The van der Waals surface area contributed by atoms with Crippen LogP contribution in [0.2, 0.25) is 0 Å². The van der Waals surface area contributed by atoms with Gasteiger partial charge in [-0.15, -0.1) is 0 Å². The van der Waals surface area contributed by atoms with Gasteiger partial charge in [0.1, 0.15) is 0 Å². The van der Waals surface area contributed by atoms with Gasteiger partial charge in [-0.1, -0.05) is 0 Å². The molecule has 170 valence electrons. The summed E-state index contributed by atoms with van der Waals surface area (Å²) in [6, 6.07) is 0. The van der Waals surface area contributed by atoms with E-state index in [1.807, 2.05) is 0 Å². The van der Waals surface area contributed by atoms with Gasteiger partial charge in [-0.2, -0.15) is 0 Å². The van der Waals surface area contributed by atoms with Crippen LogP contribution in [0.3, 0.4) is 0 Å². The van der Waals surface area contributed by atoms with Crippen molar-refractivity contribution in [3.63, 3.8) is 0 Å². The summed E-state index contributed by atoms with van der Waals surface area (Å²) in [6.45, 7) is -1.88. The van der Waals surface area contributed by atoms with Gasteiger partial charge in [-0.05, 0) is 0 Å². The Balaban J connectivity index is -0.0000000960. The number of aliphatic carboxylic acids is 6. The summed E-state index contributed by atoms with van der Waals surface area (Å²) in [6.07, 6.45) is 0. The van der Waals surface area contributed by atoms with Crippen molar-refractivity contribution in [1.29, 1.82) is 0 Å². The fraction of sp³-hybridized carbons (Fsp3) is 0.500. The van der Waals surface area contributed by atoms with Crippen LogP contribution in [0.15, 0.2) is 0 Å². The maximum atomic E-state index is 9.73. The van der Waals surface area contributed by atoms with Crippen LogP contribution in [0.5, 0.6) is 0 Å². The molecule has 0 rings (SSSR count). The monoisotopic (exact) mass is 705 g/mol. The van der Waals surface area contributed by atoms with Crippen molar-refractivity contribution in [2.75, 3.05) is 39.3 Å². The molecule has 0 aliphatic heterocycles. The molecule has 0 bridgehead atoms. The quantitative estimate of drug-likeness (QED) is 0.0946. The van der Waals surface area contributed by atoms with Crippen LogP contribution >= 0.6 is 0 Å². The average Bonchev–Trinajstić information content (AvgIpc) is 2.46. The smallest absolute Gasteiger partial charge is 0.317 e. The van der Waals surface area contributed by atoms with Crippen molar-refractivity contribution in [1.82, 2.24) is 16.0 Å². The van der Waals surface area contributed by atoms with E-state index in [0.29, 0.717) is 0 Å². The van der Waals surface area contributed by atoms with Crippen LogP contribution in [0.25, 0.3) is 0 Å². The minimum Gasteiger partial charge on any atom is -0.480 e. The van der Waals surface area contributed by atoms with Crippen molar-refractivity contribution >= 4 is 35.8 Å². The fourth-order valence-electron chi connectivity index (χ4n) is 0.829. The predicted molar refractivity (Wildman–Crippen MR) is 84.4 cm³/mol. The first-order chi connectivity index (χ1) is 12.4. The number of hydrogen-bond acceptors (Lipinski definition) is 9. The summed E-state index contributed by atoms with van der Waals surface area (Å²) in [5.74, 6) is -6.35. The van der Waals surface area contributed by atoms with Crippen LogP contribution in [-0.2, 0) is 28.8 Å². The second kappa shape index (κ2) is 27.9. The molecule has 0 aliphatic rings. The molecule has 9 N–H and O–H groups in total. The molecule has 0 aliphatic carbocycles. The summed E-state index contributed by atoms with van der Waals surface area (Å²) in [5.41, 5.74) is 0. The van der Waals surface area contributed by atoms with Gasteiger partial charge in [0.05, 0.1) is 39.3 Å². The zero-order valence-corrected chi connectivity index (χ0v) is 19.5. The first-order valence-electron chi connectivity index (χ1n) is 6.81. The Labute approximate surface area is 245 Å². The number of carboxylic acid groups (broad SMARTS) is 6. The van der Waals surface area contributed by atoms with Gasteiger partial charge in [0.2, 0.25) is 0 Å². The first kappa shape index (κ1) is 39.4. The molecular weight excluding hydrogens is 682 g/mol. The van der Waals surface area contributed by atoms with Crippen molar-refractivity contribution in [3.8, 4) is 0 Å². The molecule has 0 aromatic heterocycles. The molecule has 0 amide bonds. The molecule has 0 saturated heterocycles. The van der Waals surface area contributed by atoms with Gasteiger partial charge in [0.15, 0.2) is 0 Å². The van der Waals surface area contributed by atoms with E-state index in [1.54, 1.807) is 0 Å². The Morgan fingerprint density at radius 3 is 0.552 bits per heavy atom. The SMILES string of the molecule is O=C(O)CNCC(=O)O.O=C(O)CNCC(=O)O.O=C(O)CNCC(=O)O.[Eu].[Eu]. The van der Waals surface area contributed by atoms with Gasteiger partial charge >= 0.3 is 35.8 Å². The summed E-state index contributed by atoms with van der Waals surface area (Å²) in [5, 5.41) is 54.4. The largest absolute Gasteiger partial charge is 0.480 e. The third-order valence-electron chi connectivity index (χ3n) is 1.66. The van der Waals surface area contributed by atoms with Crippen LogP contribution in [0, 0.1) is 98.8 Å². The standard InChI is InChI=1S/3C4H7NO4.2Eu/c3*6-3(7)1-5-2-4(8)9;;/h3*5H,1-2H2,(H,6,7)(H,8,9);;. The molecule has 2 radical (unpaired) electrons. The minimum atomic E-state index is -1.06. The van der Waals surface area contributed by atoms with Gasteiger partial charge in [-0.25, -0.2) is 0 Å². The maximum absolute atomic E-state index is 9.73. The molecule has 15 nitrogen and oxygen atoms in total. The number of hydrogen-bond donors (Lipinski definition) is 9. The number of rotatable bonds is 12. The third kappa shape index (κ3) is 58.4. The Morgan fingerprint density at radius 2 is 0.483 bits per heavy atom. The fourth-order valence-corrected chi connectivity index (χ4v) is 0.829. The molecule has 29 heavy (non-hydrogen) atoms. The van der Waals surface area contributed by atoms with Crippen molar-refractivity contribution < 1.29 is 158 Å². The molecule has 0 aromatic carbocycles. The normalized spacial score (nSPS) is 8.28. The van der Waals surface area contributed by atoms with Crippen molar-refractivity contribution in [2.24, 2.45) is 0 Å². The summed E-state index contributed by atoms with van der Waals surface area (Å²) in [4.78, 5) is 58.4. The molecule has 17 heteroatoms. The molecule has 0 aromatic rings. The van der Waals surface area contributed by atoms with E-state index in [2.05, 4.69) is 16.0 Å². The Morgan fingerprint density at radius 1 is 0.379 bits per heavy atom. The predicted octanol–water partition coefficient (Wildman–Crippen LogP) is -3.76. The summed E-state index contributed by atoms with van der Waals surface area (Å²) >= 11 is 0. The van der Waals surface area contributed by atoms with E-state index in [1.165, 1.54) is 0 Å². The molecular formula is C12H21Eu2N3O12. The van der Waals surface area contributed by atoms with Gasteiger partial charge in [0, 0.05) is 98.8 Å². The van der Waals surface area contributed by atoms with E-state index >= 15 is 0 Å². The van der Waals surface area contributed by atoms with E-state index in [9.17, 15) is 28.8 Å². The second-order valence-corrected chi connectivity index (χ2v) is 4.17. The number of nitrogens with one attached hydrogen (secondary N) is 3. The van der Waals surface area contributed by atoms with Crippen LogP contribution < -0.4 is 16.0 Å². The maximum Gasteiger partial charge on any atom is 0.317 e. The Hall–Kier alpha value is -0.131. The second-order valence-electron chi connectivity index (χ2n) is 4.17. The van der Waals surface area contributed by atoms with Crippen LogP contribution in [0.4, 0.5) is 0 Å². The van der Waals surface area contributed by atoms with Gasteiger partial charge < -0.3 is 30.6 Å². The molecule has 0 unspecified atom stereocenters.